The van der Waals surface area contributed by atoms with Crippen molar-refractivity contribution >= 4 is 11.9 Å². The molecule has 0 radical (unpaired) electrons. The molecule has 104 valence electrons. The molecule has 0 saturated carbocycles. The summed E-state index contributed by atoms with van der Waals surface area (Å²) in [4.78, 5) is 25.1. The van der Waals surface area contributed by atoms with Gasteiger partial charge in [0, 0.05) is 13.6 Å². The minimum atomic E-state index is -0.945. The Morgan fingerprint density at radius 2 is 2.05 bits per heavy atom. The second-order valence-electron chi connectivity index (χ2n) is 4.83. The maximum atomic E-state index is 12.3. The summed E-state index contributed by atoms with van der Waals surface area (Å²) in [5.74, 6) is -1.29. The number of nitrogens with zero attached hydrogens (tertiary/aromatic N) is 4. The Bertz CT molecular complexity index is 471. The summed E-state index contributed by atoms with van der Waals surface area (Å²) in [7, 11) is 1.67. The summed E-state index contributed by atoms with van der Waals surface area (Å²) < 4.78 is 1.44. The van der Waals surface area contributed by atoms with Crippen LogP contribution in [-0.2, 0) is 11.8 Å². The molecule has 0 aliphatic carbocycles. The second kappa shape index (κ2) is 5.81. The van der Waals surface area contributed by atoms with Crippen LogP contribution in [0, 0.1) is 0 Å². The van der Waals surface area contributed by atoms with Gasteiger partial charge in [-0.05, 0) is 12.8 Å². The van der Waals surface area contributed by atoms with Gasteiger partial charge in [-0.2, -0.15) is 0 Å². The first-order valence-electron chi connectivity index (χ1n) is 6.49. The Labute approximate surface area is 111 Å². The zero-order chi connectivity index (χ0) is 13.8. The molecule has 2 rings (SSSR count). The van der Waals surface area contributed by atoms with Crippen molar-refractivity contribution in [2.24, 2.45) is 7.05 Å². The molecule has 1 fully saturated rings. The van der Waals surface area contributed by atoms with Gasteiger partial charge in [-0.15, -0.1) is 5.10 Å². The van der Waals surface area contributed by atoms with E-state index in [1.165, 1.54) is 15.8 Å². The number of aryl methyl sites for hydroxylation is 1. The van der Waals surface area contributed by atoms with E-state index in [2.05, 4.69) is 10.3 Å². The highest BCUT2D eigenvalue weighted by atomic mass is 16.4. The van der Waals surface area contributed by atoms with E-state index in [1.54, 1.807) is 7.05 Å². The smallest absolute Gasteiger partial charge is 0.326 e. The number of rotatable bonds is 2. The molecule has 0 bridgehead atoms. The number of carbonyl (C=O) groups excluding carboxylic acids is 1. The normalized spacial score (nSPS) is 20.7. The quantitative estimate of drug-likeness (QED) is 0.850. The lowest BCUT2D eigenvalue weighted by Crippen LogP contribution is -2.46. The highest BCUT2D eigenvalue weighted by molar-refractivity contribution is 5.94. The van der Waals surface area contributed by atoms with Gasteiger partial charge < -0.3 is 10.0 Å². The van der Waals surface area contributed by atoms with Crippen LogP contribution < -0.4 is 0 Å². The number of hydrogen-bond acceptors (Lipinski definition) is 4. The van der Waals surface area contributed by atoms with Crippen LogP contribution in [0.1, 0.15) is 42.6 Å². The molecule has 0 aromatic carbocycles. The molecular weight excluding hydrogens is 248 g/mol. The first kappa shape index (κ1) is 13.5. The summed E-state index contributed by atoms with van der Waals surface area (Å²) in [6, 6.07) is -0.755. The largest absolute Gasteiger partial charge is 0.480 e. The van der Waals surface area contributed by atoms with Gasteiger partial charge in [-0.25, -0.2) is 4.79 Å². The minimum Gasteiger partial charge on any atom is -0.480 e. The molecule has 1 aliphatic heterocycles. The average molecular weight is 266 g/mol. The number of amides is 1. The molecule has 19 heavy (non-hydrogen) atoms. The second-order valence-corrected chi connectivity index (χ2v) is 4.83. The number of carboxylic acids is 1. The number of likely N-dealkylation sites (tertiary alicyclic amines) is 1. The summed E-state index contributed by atoms with van der Waals surface area (Å²) >= 11 is 0. The topological polar surface area (TPSA) is 88.3 Å². The average Bonchev–Trinajstić information content (AvgIpc) is 2.74. The van der Waals surface area contributed by atoms with Crippen LogP contribution in [0.2, 0.25) is 0 Å². The number of aliphatic carboxylic acids is 1. The predicted octanol–water partition coefficient (Wildman–Crippen LogP) is 0.675. The van der Waals surface area contributed by atoms with Crippen LogP contribution in [0.3, 0.4) is 0 Å². The van der Waals surface area contributed by atoms with Crippen LogP contribution in [0.5, 0.6) is 0 Å². The molecule has 0 spiro atoms. The van der Waals surface area contributed by atoms with E-state index >= 15 is 0 Å². The molecule has 1 amide bonds. The first-order chi connectivity index (χ1) is 9.09. The maximum Gasteiger partial charge on any atom is 0.326 e. The Hall–Kier alpha value is -1.92. The third kappa shape index (κ3) is 3.10. The summed E-state index contributed by atoms with van der Waals surface area (Å²) in [5, 5.41) is 16.8. The molecule has 1 saturated heterocycles. The van der Waals surface area contributed by atoms with E-state index in [4.69, 9.17) is 0 Å². The molecule has 1 atom stereocenters. The monoisotopic (exact) mass is 266 g/mol. The van der Waals surface area contributed by atoms with Crippen LogP contribution in [0.4, 0.5) is 0 Å². The molecule has 7 nitrogen and oxygen atoms in total. The van der Waals surface area contributed by atoms with Crippen molar-refractivity contribution in [2.45, 2.75) is 38.1 Å². The van der Waals surface area contributed by atoms with Crippen molar-refractivity contribution in [3.8, 4) is 0 Å². The third-order valence-corrected chi connectivity index (χ3v) is 3.37. The minimum absolute atomic E-state index is 0.203. The van der Waals surface area contributed by atoms with Gasteiger partial charge in [-0.1, -0.05) is 24.5 Å². The lowest BCUT2D eigenvalue weighted by molar-refractivity contribution is -0.142. The molecule has 7 heteroatoms. The Morgan fingerprint density at radius 3 is 2.68 bits per heavy atom. The van der Waals surface area contributed by atoms with Crippen molar-refractivity contribution < 1.29 is 14.7 Å². The fourth-order valence-corrected chi connectivity index (χ4v) is 2.38. The van der Waals surface area contributed by atoms with E-state index in [1.807, 2.05) is 0 Å². The highest BCUT2D eigenvalue weighted by Crippen LogP contribution is 2.18. The lowest BCUT2D eigenvalue weighted by Gasteiger charge is -2.30. The summed E-state index contributed by atoms with van der Waals surface area (Å²) in [6.45, 7) is 0.465. The summed E-state index contributed by atoms with van der Waals surface area (Å²) in [6.07, 6.45) is 5.73. The van der Waals surface area contributed by atoms with E-state index < -0.39 is 12.0 Å². The Morgan fingerprint density at radius 1 is 1.32 bits per heavy atom. The fourth-order valence-electron chi connectivity index (χ4n) is 2.38. The molecule has 1 aliphatic rings. The predicted molar refractivity (Wildman–Crippen MR) is 66.5 cm³/mol. The molecule has 2 heterocycles. The van der Waals surface area contributed by atoms with Gasteiger partial charge >= 0.3 is 5.97 Å². The number of aromatic nitrogens is 3. The van der Waals surface area contributed by atoms with E-state index in [9.17, 15) is 14.7 Å². The molecule has 1 N–H and O–H groups in total. The van der Waals surface area contributed by atoms with Crippen molar-refractivity contribution in [2.75, 3.05) is 6.54 Å². The van der Waals surface area contributed by atoms with Gasteiger partial charge in [-0.3, -0.25) is 9.48 Å². The molecule has 1 aromatic heterocycles. The van der Waals surface area contributed by atoms with Crippen LogP contribution in [0.15, 0.2) is 6.20 Å². The Balaban J connectivity index is 2.20. The molecular formula is C12H18N4O3. The lowest BCUT2D eigenvalue weighted by atomic mass is 10.0. The van der Waals surface area contributed by atoms with Gasteiger partial charge in [0.15, 0.2) is 5.69 Å². The Kier molecular flexibility index (Phi) is 4.13. The van der Waals surface area contributed by atoms with E-state index in [-0.39, 0.29) is 11.6 Å². The van der Waals surface area contributed by atoms with Crippen molar-refractivity contribution in [3.63, 3.8) is 0 Å². The van der Waals surface area contributed by atoms with E-state index in [0.717, 1.165) is 25.7 Å². The van der Waals surface area contributed by atoms with Crippen molar-refractivity contribution in [1.29, 1.82) is 0 Å². The van der Waals surface area contributed by atoms with Crippen LogP contribution in [0.25, 0.3) is 0 Å². The third-order valence-electron chi connectivity index (χ3n) is 3.37. The zero-order valence-electron chi connectivity index (χ0n) is 10.9. The van der Waals surface area contributed by atoms with Crippen molar-refractivity contribution in [3.05, 3.63) is 11.9 Å². The summed E-state index contributed by atoms with van der Waals surface area (Å²) in [5.41, 5.74) is 0.203. The van der Waals surface area contributed by atoms with Gasteiger partial charge in [0.05, 0.1) is 6.20 Å². The van der Waals surface area contributed by atoms with Gasteiger partial charge in [0.25, 0.3) is 5.91 Å². The number of carboxylic acid groups (broad SMARTS) is 1. The van der Waals surface area contributed by atoms with Crippen LogP contribution >= 0.6 is 0 Å². The first-order valence-corrected chi connectivity index (χ1v) is 6.49. The molecule has 1 unspecified atom stereocenters. The fraction of sp³-hybridized carbons (Fsp3) is 0.667. The number of carbonyl (C=O) groups is 2. The van der Waals surface area contributed by atoms with Gasteiger partial charge in [0.2, 0.25) is 0 Å². The van der Waals surface area contributed by atoms with Crippen LogP contribution in [-0.4, -0.2) is 49.5 Å². The number of hydrogen-bond donors (Lipinski definition) is 1. The zero-order valence-corrected chi connectivity index (χ0v) is 10.9. The standard InChI is InChI=1S/C12H18N4O3/c1-15-8-9(13-14-15)11(17)16-7-5-3-2-4-6-10(16)12(18)19/h8,10H,2-7H2,1H3,(H,18,19). The highest BCUT2D eigenvalue weighted by Gasteiger charge is 2.31. The van der Waals surface area contributed by atoms with Crippen molar-refractivity contribution in [1.82, 2.24) is 19.9 Å². The van der Waals surface area contributed by atoms with Gasteiger partial charge in [0.1, 0.15) is 6.04 Å². The maximum absolute atomic E-state index is 12.3. The SMILES string of the molecule is Cn1cc(C(=O)N2CCCCCCC2C(=O)O)nn1. The van der Waals surface area contributed by atoms with E-state index in [0.29, 0.717) is 13.0 Å². The molecule has 1 aromatic rings.